The summed E-state index contributed by atoms with van der Waals surface area (Å²) in [5.41, 5.74) is 4.59. The quantitative estimate of drug-likeness (QED) is 0.596. The van der Waals surface area contributed by atoms with Gasteiger partial charge >= 0.3 is 0 Å². The summed E-state index contributed by atoms with van der Waals surface area (Å²) in [7, 11) is 0. The van der Waals surface area contributed by atoms with Gasteiger partial charge in [0.05, 0.1) is 29.3 Å². The molecule has 1 aromatic heterocycles. The lowest BCUT2D eigenvalue weighted by Crippen LogP contribution is -2.08. The van der Waals surface area contributed by atoms with Gasteiger partial charge in [0.15, 0.2) is 0 Å². The molecule has 27 heavy (non-hydrogen) atoms. The number of hydrogen-bond acceptors (Lipinski definition) is 3. The molecule has 2 atom stereocenters. The van der Waals surface area contributed by atoms with Gasteiger partial charge in [-0.25, -0.2) is 4.68 Å². The monoisotopic (exact) mass is 384 g/mol. The number of nitrogens with zero attached hydrogens (tertiary/aromatic N) is 2. The van der Waals surface area contributed by atoms with Crippen LogP contribution in [0.1, 0.15) is 43.5 Å². The second-order valence-electron chi connectivity index (χ2n) is 6.86. The second-order valence-corrected chi connectivity index (χ2v) is 7.30. The summed E-state index contributed by atoms with van der Waals surface area (Å²) in [4.78, 5) is 0. The van der Waals surface area contributed by atoms with E-state index in [9.17, 15) is 10.2 Å². The van der Waals surface area contributed by atoms with Gasteiger partial charge in [0.2, 0.25) is 0 Å². The van der Waals surface area contributed by atoms with E-state index in [1.54, 1.807) is 0 Å². The zero-order valence-electron chi connectivity index (χ0n) is 15.6. The molecule has 0 spiro atoms. The fourth-order valence-corrected chi connectivity index (χ4v) is 3.10. The minimum atomic E-state index is -0.719. The minimum Gasteiger partial charge on any atom is -0.393 e. The molecule has 0 aliphatic heterocycles. The number of aromatic nitrogens is 2. The second kappa shape index (κ2) is 8.70. The van der Waals surface area contributed by atoms with Crippen LogP contribution in [0.3, 0.4) is 0 Å². The van der Waals surface area contributed by atoms with Crippen LogP contribution in [0.5, 0.6) is 0 Å². The molecule has 0 radical (unpaired) electrons. The molecular weight excluding hydrogens is 360 g/mol. The summed E-state index contributed by atoms with van der Waals surface area (Å²) in [6.07, 6.45) is 0.588. The standard InChI is InChI=1S/C22H25ClN2O2/c1-3-19(26)12-13-22(27)20-14-21(16-6-4-15(2)5-7-16)25(24-20)18-10-8-17(23)9-11-18/h4-11,14,19,22,26-27H,3,12-13H2,1-2H3. The average Bonchev–Trinajstić information content (AvgIpc) is 3.12. The molecule has 0 saturated heterocycles. The highest BCUT2D eigenvalue weighted by atomic mass is 35.5. The summed E-state index contributed by atoms with van der Waals surface area (Å²) < 4.78 is 1.83. The highest BCUT2D eigenvalue weighted by Crippen LogP contribution is 2.29. The van der Waals surface area contributed by atoms with E-state index in [4.69, 9.17) is 11.6 Å². The van der Waals surface area contributed by atoms with Crippen molar-refractivity contribution in [2.24, 2.45) is 0 Å². The van der Waals surface area contributed by atoms with Crippen molar-refractivity contribution in [3.8, 4) is 16.9 Å². The van der Waals surface area contributed by atoms with Crippen molar-refractivity contribution in [1.82, 2.24) is 9.78 Å². The van der Waals surface area contributed by atoms with Gasteiger partial charge in [0.1, 0.15) is 0 Å². The van der Waals surface area contributed by atoms with Crippen LogP contribution >= 0.6 is 11.6 Å². The third-order valence-electron chi connectivity index (χ3n) is 4.73. The van der Waals surface area contributed by atoms with Crippen molar-refractivity contribution in [3.05, 3.63) is 70.9 Å². The first-order valence-corrected chi connectivity index (χ1v) is 9.64. The third kappa shape index (κ3) is 4.78. The van der Waals surface area contributed by atoms with Crippen LogP contribution in [0.2, 0.25) is 5.02 Å². The highest BCUT2D eigenvalue weighted by molar-refractivity contribution is 6.30. The predicted octanol–water partition coefficient (Wildman–Crippen LogP) is 5.09. The Labute approximate surface area is 165 Å². The Morgan fingerprint density at radius 2 is 1.67 bits per heavy atom. The van der Waals surface area contributed by atoms with Gasteiger partial charge in [-0.2, -0.15) is 5.10 Å². The van der Waals surface area contributed by atoms with E-state index in [2.05, 4.69) is 36.3 Å². The first-order valence-electron chi connectivity index (χ1n) is 9.27. The molecule has 1 heterocycles. The van der Waals surface area contributed by atoms with E-state index in [0.29, 0.717) is 30.0 Å². The number of aliphatic hydroxyl groups is 2. The fraction of sp³-hybridized carbons (Fsp3) is 0.318. The zero-order chi connectivity index (χ0) is 19.4. The molecule has 3 rings (SSSR count). The molecule has 0 aliphatic carbocycles. The summed E-state index contributed by atoms with van der Waals surface area (Å²) in [5.74, 6) is 0. The Balaban J connectivity index is 1.98. The van der Waals surface area contributed by atoms with Crippen LogP contribution in [0.25, 0.3) is 16.9 Å². The molecule has 2 unspecified atom stereocenters. The smallest absolute Gasteiger partial charge is 0.0979 e. The third-order valence-corrected chi connectivity index (χ3v) is 4.98. The number of halogens is 1. The average molecular weight is 385 g/mol. The van der Waals surface area contributed by atoms with Gasteiger partial charge in [-0.3, -0.25) is 0 Å². The predicted molar refractivity (Wildman–Crippen MR) is 109 cm³/mol. The van der Waals surface area contributed by atoms with Crippen molar-refractivity contribution >= 4 is 11.6 Å². The highest BCUT2D eigenvalue weighted by Gasteiger charge is 2.18. The van der Waals surface area contributed by atoms with Crippen LogP contribution in [-0.4, -0.2) is 26.1 Å². The number of aryl methyl sites for hydroxylation is 1. The normalized spacial score (nSPS) is 13.5. The lowest BCUT2D eigenvalue weighted by Gasteiger charge is -2.11. The van der Waals surface area contributed by atoms with Crippen molar-refractivity contribution < 1.29 is 10.2 Å². The first kappa shape index (κ1) is 19.6. The van der Waals surface area contributed by atoms with E-state index >= 15 is 0 Å². The largest absolute Gasteiger partial charge is 0.393 e. The molecule has 2 N–H and O–H groups in total. The zero-order valence-corrected chi connectivity index (χ0v) is 16.4. The molecule has 0 amide bonds. The van der Waals surface area contributed by atoms with Crippen molar-refractivity contribution in [3.63, 3.8) is 0 Å². The number of benzene rings is 2. The SMILES string of the molecule is CCC(O)CCC(O)c1cc(-c2ccc(C)cc2)n(-c2ccc(Cl)cc2)n1. The first-order chi connectivity index (χ1) is 13.0. The Kier molecular flexibility index (Phi) is 6.32. The minimum absolute atomic E-state index is 0.394. The Bertz CT molecular complexity index is 809. The molecule has 142 valence electrons. The van der Waals surface area contributed by atoms with E-state index in [-0.39, 0.29) is 0 Å². The maximum Gasteiger partial charge on any atom is 0.0979 e. The lowest BCUT2D eigenvalue weighted by atomic mass is 10.0. The summed E-state index contributed by atoms with van der Waals surface area (Å²) in [6.45, 7) is 3.98. The van der Waals surface area contributed by atoms with E-state index < -0.39 is 12.2 Å². The Morgan fingerprint density at radius 3 is 2.30 bits per heavy atom. The fourth-order valence-electron chi connectivity index (χ4n) is 2.97. The van der Waals surface area contributed by atoms with Crippen molar-refractivity contribution in [1.29, 1.82) is 0 Å². The van der Waals surface area contributed by atoms with E-state index in [1.165, 1.54) is 5.56 Å². The van der Waals surface area contributed by atoms with Gasteiger partial charge in [0, 0.05) is 10.6 Å². The van der Waals surface area contributed by atoms with Crippen molar-refractivity contribution in [2.45, 2.75) is 45.3 Å². The topological polar surface area (TPSA) is 58.3 Å². The van der Waals surface area contributed by atoms with Gasteiger partial charge in [-0.1, -0.05) is 48.4 Å². The van der Waals surface area contributed by atoms with Crippen LogP contribution in [0, 0.1) is 6.92 Å². The Hall–Kier alpha value is -2.14. The summed E-state index contributed by atoms with van der Waals surface area (Å²) in [6, 6.07) is 17.6. The van der Waals surface area contributed by atoms with E-state index in [1.807, 2.05) is 41.9 Å². The van der Waals surface area contributed by atoms with Gasteiger partial charge < -0.3 is 10.2 Å². The van der Waals surface area contributed by atoms with Crippen LogP contribution in [0.15, 0.2) is 54.6 Å². The molecule has 0 aliphatic rings. The Morgan fingerprint density at radius 1 is 1.00 bits per heavy atom. The molecule has 0 saturated carbocycles. The van der Waals surface area contributed by atoms with Crippen LogP contribution < -0.4 is 0 Å². The van der Waals surface area contributed by atoms with E-state index in [0.717, 1.165) is 16.9 Å². The molecule has 2 aromatic carbocycles. The molecule has 0 bridgehead atoms. The maximum absolute atomic E-state index is 10.6. The summed E-state index contributed by atoms with van der Waals surface area (Å²) >= 11 is 6.02. The molecule has 3 aromatic rings. The molecule has 5 heteroatoms. The number of rotatable bonds is 7. The van der Waals surface area contributed by atoms with Crippen LogP contribution in [-0.2, 0) is 0 Å². The molecule has 0 fully saturated rings. The van der Waals surface area contributed by atoms with Crippen LogP contribution in [0.4, 0.5) is 0 Å². The van der Waals surface area contributed by atoms with Gasteiger partial charge in [-0.15, -0.1) is 0 Å². The summed E-state index contributed by atoms with van der Waals surface area (Å²) in [5, 5.41) is 25.7. The lowest BCUT2D eigenvalue weighted by molar-refractivity contribution is 0.110. The molecule has 4 nitrogen and oxygen atoms in total. The van der Waals surface area contributed by atoms with Gasteiger partial charge in [-0.05, 0) is 56.5 Å². The molecular formula is C22H25ClN2O2. The number of hydrogen-bond donors (Lipinski definition) is 2. The maximum atomic E-state index is 10.6. The number of aliphatic hydroxyl groups excluding tert-OH is 2. The van der Waals surface area contributed by atoms with Crippen molar-refractivity contribution in [2.75, 3.05) is 0 Å². The van der Waals surface area contributed by atoms with Gasteiger partial charge in [0.25, 0.3) is 0 Å².